The fourth-order valence-electron chi connectivity index (χ4n) is 17.9. The van der Waals surface area contributed by atoms with Crippen LogP contribution in [0.3, 0.4) is 0 Å². The summed E-state index contributed by atoms with van der Waals surface area (Å²) >= 11 is 0. The van der Waals surface area contributed by atoms with Crippen molar-refractivity contribution in [2.45, 2.75) is 214 Å². The first-order valence-electron chi connectivity index (χ1n) is 35.5. The zero-order valence-electron chi connectivity index (χ0n) is 57.6. The third kappa shape index (κ3) is 15.0. The maximum absolute atomic E-state index is 14.5. The summed E-state index contributed by atoms with van der Waals surface area (Å²) in [7, 11) is 0. The van der Waals surface area contributed by atoms with Crippen LogP contribution in [0.1, 0.15) is 188 Å². The van der Waals surface area contributed by atoms with Gasteiger partial charge in [-0.15, -0.1) is 0 Å². The molecule has 7 fully saturated rings. The van der Waals surface area contributed by atoms with Crippen molar-refractivity contribution in [2.24, 2.45) is 81.8 Å². The van der Waals surface area contributed by atoms with Gasteiger partial charge in [-0.05, 0) is 165 Å². The minimum atomic E-state index is -1.08. The maximum atomic E-state index is 14.5. The van der Waals surface area contributed by atoms with Crippen molar-refractivity contribution >= 4 is 35.4 Å². The second-order valence-corrected chi connectivity index (χ2v) is 29.9. The van der Waals surface area contributed by atoms with Crippen molar-refractivity contribution in [1.82, 2.24) is 0 Å². The SMILES string of the molecule is CCC1O[C@@H](OC[C@@H](C)CCC(=O)[C@@H](C)C2C(=O)CC3C4CCC5CC(O[C@@H]6OC(CO[C@@H]7OC(C)[C@H](C)[C@@H](OC(=O)c8ccccc8)C7OC(=O)c7ccccc7)[C@H](C)[C@H](C)C6C)CCC5(C)C4CCC32C)C(OC(=O)c2ccccc2)[C@@H](OC(=O)c2ccccc2)[C@H]1C. The predicted molar refractivity (Wildman–Crippen MR) is 355 cm³/mol. The molecule has 0 N–H and O–H groups in total. The van der Waals surface area contributed by atoms with Gasteiger partial charge in [0, 0.05) is 42.4 Å². The second kappa shape index (κ2) is 30.3. The smallest absolute Gasteiger partial charge is 0.338 e. The Hall–Kier alpha value is -6.14. The van der Waals surface area contributed by atoms with E-state index < -0.39 is 79.2 Å². The number of rotatable bonds is 22. The van der Waals surface area contributed by atoms with Gasteiger partial charge >= 0.3 is 23.9 Å². The number of ether oxygens (including phenoxy) is 10. The van der Waals surface area contributed by atoms with Crippen molar-refractivity contribution in [2.75, 3.05) is 13.2 Å². The molecule has 14 unspecified atom stereocenters. The number of ketones is 2. The topological polar surface area (TPSA) is 195 Å². The molecule has 3 aliphatic heterocycles. The number of fused-ring (bicyclic) bond motifs is 5. The summed E-state index contributed by atoms with van der Waals surface area (Å²) < 4.78 is 65.0. The number of hydrogen-bond acceptors (Lipinski definition) is 16. The van der Waals surface area contributed by atoms with E-state index in [2.05, 4.69) is 34.6 Å². The van der Waals surface area contributed by atoms with E-state index >= 15 is 0 Å². The Morgan fingerprint density at radius 3 is 1.56 bits per heavy atom. The van der Waals surface area contributed by atoms with Gasteiger partial charge in [-0.1, -0.05) is 142 Å². The first kappa shape index (κ1) is 70.2. The molecule has 4 aromatic carbocycles. The average Bonchev–Trinajstić information content (AvgIpc) is 1.64. The van der Waals surface area contributed by atoms with E-state index in [4.69, 9.17) is 47.4 Å². The monoisotopic (exact) mass is 1310 g/mol. The first-order chi connectivity index (χ1) is 45.6. The van der Waals surface area contributed by atoms with E-state index in [0.717, 1.165) is 44.9 Å². The molecule has 16 nitrogen and oxygen atoms in total. The van der Waals surface area contributed by atoms with E-state index in [0.29, 0.717) is 65.7 Å². The summed E-state index contributed by atoms with van der Waals surface area (Å²) in [5.41, 5.74) is 1.30. The molecule has 4 saturated carbocycles. The van der Waals surface area contributed by atoms with Crippen molar-refractivity contribution in [1.29, 1.82) is 0 Å². The highest BCUT2D eigenvalue weighted by Gasteiger charge is 2.64. The highest BCUT2D eigenvalue weighted by atomic mass is 16.7. The van der Waals surface area contributed by atoms with Crippen LogP contribution in [0.5, 0.6) is 0 Å². The summed E-state index contributed by atoms with van der Waals surface area (Å²) in [6.45, 7) is 23.6. The van der Waals surface area contributed by atoms with E-state index in [1.54, 1.807) is 97.1 Å². The Labute approximate surface area is 562 Å². The molecule has 25 atom stereocenters. The lowest BCUT2D eigenvalue weighted by Crippen LogP contribution is -2.58. The largest absolute Gasteiger partial charge is 0.454 e. The van der Waals surface area contributed by atoms with Gasteiger partial charge in [-0.3, -0.25) is 9.59 Å². The van der Waals surface area contributed by atoms with Gasteiger partial charge in [0.15, 0.2) is 31.1 Å². The fourth-order valence-corrected chi connectivity index (χ4v) is 17.9. The minimum Gasteiger partial charge on any atom is -0.454 e. The van der Waals surface area contributed by atoms with Gasteiger partial charge in [0.1, 0.15) is 23.8 Å². The average molecular weight is 1310 g/mol. The van der Waals surface area contributed by atoms with E-state index in [-0.39, 0.29) is 101 Å². The van der Waals surface area contributed by atoms with Crippen LogP contribution in [0.25, 0.3) is 0 Å². The van der Waals surface area contributed by atoms with Gasteiger partial charge in [0.2, 0.25) is 0 Å². The van der Waals surface area contributed by atoms with Crippen LogP contribution in [0.15, 0.2) is 121 Å². The van der Waals surface area contributed by atoms with Crippen LogP contribution in [0.4, 0.5) is 0 Å². The summed E-state index contributed by atoms with van der Waals surface area (Å²) in [5, 5.41) is 0. The molecule has 11 rings (SSSR count). The Kier molecular flexibility index (Phi) is 22.4. The molecule has 0 amide bonds. The summed E-state index contributed by atoms with van der Waals surface area (Å²) in [5.74, 6) is -1.40. The normalized spacial score (nSPS) is 37.4. The molecule has 16 heteroatoms. The molecule has 95 heavy (non-hydrogen) atoms. The molecule has 0 bridgehead atoms. The number of esters is 4. The molecule has 0 aromatic heterocycles. The summed E-state index contributed by atoms with van der Waals surface area (Å²) in [4.78, 5) is 83.6. The van der Waals surface area contributed by atoms with Gasteiger partial charge in [0.25, 0.3) is 0 Å². The molecular weight excluding hydrogens is 1200 g/mol. The molecule has 3 heterocycles. The predicted octanol–water partition coefficient (Wildman–Crippen LogP) is 14.6. The fraction of sp³-hybridized carbons (Fsp3) is 0.620. The Morgan fingerprint density at radius 1 is 0.526 bits per heavy atom. The van der Waals surface area contributed by atoms with Crippen LogP contribution in [-0.2, 0) is 57.0 Å². The lowest BCUT2D eigenvalue weighted by molar-refractivity contribution is -0.310. The highest BCUT2D eigenvalue weighted by molar-refractivity contribution is 5.93. The van der Waals surface area contributed by atoms with Gasteiger partial charge < -0.3 is 47.4 Å². The molecule has 3 saturated heterocycles. The zero-order valence-corrected chi connectivity index (χ0v) is 57.6. The minimum absolute atomic E-state index is 0.0148. The van der Waals surface area contributed by atoms with Crippen LogP contribution in [0, 0.1) is 81.8 Å². The molecule has 7 aliphatic rings. The third-order valence-corrected chi connectivity index (χ3v) is 24.3. The first-order valence-corrected chi connectivity index (χ1v) is 35.5. The molecule has 0 spiro atoms. The lowest BCUT2D eigenvalue weighted by Gasteiger charge is -2.61. The van der Waals surface area contributed by atoms with Crippen molar-refractivity contribution < 1.29 is 76.1 Å². The maximum Gasteiger partial charge on any atom is 0.338 e. The Morgan fingerprint density at radius 2 is 1.02 bits per heavy atom. The van der Waals surface area contributed by atoms with Crippen molar-refractivity contribution in [3.63, 3.8) is 0 Å². The van der Waals surface area contributed by atoms with Gasteiger partial charge in [0.05, 0.1) is 59.9 Å². The molecule has 514 valence electrons. The molecule has 4 aliphatic carbocycles. The van der Waals surface area contributed by atoms with E-state index in [9.17, 15) is 28.8 Å². The van der Waals surface area contributed by atoms with Crippen LogP contribution in [0.2, 0.25) is 0 Å². The Balaban J connectivity index is 0.688. The quantitative estimate of drug-likeness (QED) is 0.0409. The number of carbonyl (C=O) groups is 6. The zero-order chi connectivity index (χ0) is 67.5. The van der Waals surface area contributed by atoms with Crippen molar-refractivity contribution in [3.8, 4) is 0 Å². The Bertz CT molecular complexity index is 3260. The number of Topliss-reactive ketones (excluding diaryl/α,β-unsaturated/α-hetero) is 2. The molecular formula is C79H102O16. The van der Waals surface area contributed by atoms with E-state index in [1.165, 1.54) is 0 Å². The second-order valence-electron chi connectivity index (χ2n) is 29.9. The van der Waals surface area contributed by atoms with Crippen LogP contribution >= 0.6 is 0 Å². The van der Waals surface area contributed by atoms with Gasteiger partial charge in [-0.2, -0.15) is 0 Å². The molecule has 4 aromatic rings. The highest BCUT2D eigenvalue weighted by Crippen LogP contribution is 2.68. The number of hydrogen-bond donors (Lipinski definition) is 0. The lowest BCUT2D eigenvalue weighted by atomic mass is 9.44. The van der Waals surface area contributed by atoms with E-state index in [1.807, 2.05) is 65.8 Å². The third-order valence-electron chi connectivity index (χ3n) is 24.3. The molecule has 0 radical (unpaired) electrons. The van der Waals surface area contributed by atoms with Crippen LogP contribution in [-0.4, -0.2) is 116 Å². The standard InChI is InChI=1S/C79H102O16/c1-12-64-51(8)68(93-72(83)54-27-19-14-20-28-54)70(95-74(85)56-31-23-16-24-32-56)77(90-64)86-43-45(2)33-36-62(80)50(7)66-63(81)42-61-59-35-34-57-41-58(37-39-78(57,10)60(59)38-40-79(61,66)11)89-75-48(5)46(3)47(4)65(91-75)44-87-76-69(94-73(84)55-29-21-15-22-30-55)67(49(6)52(9)88-76)92-71(82)53-25-17-13-18-26-53/h13-32,45-52,57-61,64-70,75-77H,12,33-44H2,1-11H3/t45-,46-,47+,48?,49-,50+,51-,52?,57?,58?,59?,60?,61?,64?,65?,66?,67+,68-,69?,70?,75+,76+,77+,78?,79?/m0/s1. The van der Waals surface area contributed by atoms with Crippen LogP contribution < -0.4 is 0 Å². The number of carbonyl (C=O) groups excluding carboxylic acids is 6. The number of benzene rings is 4. The van der Waals surface area contributed by atoms with Crippen molar-refractivity contribution in [3.05, 3.63) is 144 Å². The summed E-state index contributed by atoms with van der Waals surface area (Å²) in [6, 6.07) is 34.9. The summed E-state index contributed by atoms with van der Waals surface area (Å²) in [6.07, 6.45) is 1.36. The van der Waals surface area contributed by atoms with Gasteiger partial charge in [-0.25, -0.2) is 19.2 Å².